The van der Waals surface area contributed by atoms with Gasteiger partial charge in [0.05, 0.1) is 15.4 Å². The van der Waals surface area contributed by atoms with E-state index in [9.17, 15) is 19.7 Å². The Morgan fingerprint density at radius 1 is 1.06 bits per heavy atom. The van der Waals surface area contributed by atoms with Crippen LogP contribution in [0, 0.1) is 10.1 Å². The second-order valence-electron chi connectivity index (χ2n) is 8.63. The number of likely N-dealkylation sites (N-methyl/N-ethyl adjacent to an activating group) is 1. The Balaban J connectivity index is 1.46. The molecule has 7 nitrogen and oxygen atoms in total. The molecule has 0 N–H and O–H groups in total. The van der Waals surface area contributed by atoms with Gasteiger partial charge in [0.1, 0.15) is 0 Å². The maximum atomic E-state index is 12.7. The number of carbonyl (C=O) groups is 2. The zero-order chi connectivity index (χ0) is 25.2. The van der Waals surface area contributed by atoms with Crippen molar-refractivity contribution in [2.24, 2.45) is 0 Å². The minimum atomic E-state index is -0.793. The summed E-state index contributed by atoms with van der Waals surface area (Å²) >= 11 is 1.23. The van der Waals surface area contributed by atoms with Crippen molar-refractivity contribution in [1.82, 2.24) is 0 Å². The van der Waals surface area contributed by atoms with Gasteiger partial charge in [-0.2, -0.15) is 0 Å². The number of fused-ring (bicyclic) bond motifs is 1. The zero-order valence-corrected chi connectivity index (χ0v) is 20.4. The third-order valence-electron chi connectivity index (χ3n) is 5.95. The summed E-state index contributed by atoms with van der Waals surface area (Å²) in [5, 5.41) is 11.6. The molecule has 0 aliphatic carbocycles. The van der Waals surface area contributed by atoms with Gasteiger partial charge in [-0.3, -0.25) is 14.9 Å². The summed E-state index contributed by atoms with van der Waals surface area (Å²) in [6.07, 6.45) is 1.50. The lowest BCUT2D eigenvalue weighted by Gasteiger charge is -2.23. The van der Waals surface area contributed by atoms with Gasteiger partial charge in [-0.05, 0) is 35.9 Å². The van der Waals surface area contributed by atoms with Gasteiger partial charge in [-0.25, -0.2) is 4.79 Å². The number of hydrogen-bond donors (Lipinski definition) is 0. The van der Waals surface area contributed by atoms with Gasteiger partial charge in [-0.1, -0.05) is 62.0 Å². The highest BCUT2D eigenvalue weighted by molar-refractivity contribution is 7.99. The molecule has 0 fully saturated rings. The van der Waals surface area contributed by atoms with Crippen molar-refractivity contribution in [3.8, 4) is 0 Å². The van der Waals surface area contributed by atoms with E-state index >= 15 is 0 Å². The fourth-order valence-corrected chi connectivity index (χ4v) is 5.08. The van der Waals surface area contributed by atoms with Gasteiger partial charge in [0.25, 0.3) is 5.69 Å². The molecule has 0 spiro atoms. The predicted molar refractivity (Wildman–Crippen MR) is 135 cm³/mol. The van der Waals surface area contributed by atoms with E-state index in [1.807, 2.05) is 80.4 Å². The SMILES string of the molecule is CN1C(=CC(=O)COC(=O)c2ccc(Sc3ccccc3)c([N+](=O)[O-])c2)C(C)(C)c2ccccc21. The molecule has 35 heavy (non-hydrogen) atoms. The predicted octanol–water partition coefficient (Wildman–Crippen LogP) is 5.78. The first-order valence-electron chi connectivity index (χ1n) is 10.9. The maximum absolute atomic E-state index is 12.7. The van der Waals surface area contributed by atoms with Crippen molar-refractivity contribution in [2.75, 3.05) is 18.6 Å². The van der Waals surface area contributed by atoms with Gasteiger partial charge < -0.3 is 9.64 Å². The minimum absolute atomic E-state index is 0.0142. The number of nitro benzene ring substituents is 1. The van der Waals surface area contributed by atoms with Crippen LogP contribution in [0.25, 0.3) is 0 Å². The number of nitro groups is 1. The van der Waals surface area contributed by atoms with Gasteiger partial charge in [0.15, 0.2) is 12.4 Å². The summed E-state index contributed by atoms with van der Waals surface area (Å²) in [5.41, 5.74) is 2.37. The summed E-state index contributed by atoms with van der Waals surface area (Å²) in [4.78, 5) is 39.5. The number of ketones is 1. The molecule has 1 heterocycles. The van der Waals surface area contributed by atoms with Gasteiger partial charge >= 0.3 is 5.97 Å². The monoisotopic (exact) mass is 488 g/mol. The summed E-state index contributed by atoms with van der Waals surface area (Å²) < 4.78 is 5.19. The van der Waals surface area contributed by atoms with Crippen molar-refractivity contribution in [3.63, 3.8) is 0 Å². The second kappa shape index (κ2) is 9.76. The Bertz CT molecular complexity index is 1330. The Kier molecular flexibility index (Phi) is 6.75. The molecule has 1 aliphatic rings. The van der Waals surface area contributed by atoms with Crippen molar-refractivity contribution in [1.29, 1.82) is 0 Å². The molecule has 0 saturated carbocycles. The molecule has 3 aromatic rings. The highest BCUT2D eigenvalue weighted by Gasteiger charge is 2.38. The average molecular weight is 489 g/mol. The molecule has 8 heteroatoms. The van der Waals surface area contributed by atoms with E-state index in [1.54, 1.807) is 0 Å². The first-order chi connectivity index (χ1) is 16.7. The van der Waals surface area contributed by atoms with Crippen LogP contribution in [-0.2, 0) is 14.9 Å². The van der Waals surface area contributed by atoms with Crippen molar-refractivity contribution in [2.45, 2.75) is 29.1 Å². The molecule has 0 unspecified atom stereocenters. The Morgan fingerprint density at radius 2 is 1.74 bits per heavy atom. The Morgan fingerprint density at radius 3 is 2.43 bits per heavy atom. The lowest BCUT2D eigenvalue weighted by atomic mass is 9.83. The number of esters is 1. The summed E-state index contributed by atoms with van der Waals surface area (Å²) in [6.45, 7) is 3.61. The summed E-state index contributed by atoms with van der Waals surface area (Å²) in [5.74, 6) is -1.16. The second-order valence-corrected chi connectivity index (χ2v) is 9.74. The van der Waals surface area contributed by atoms with Crippen LogP contribution >= 0.6 is 11.8 Å². The number of carbonyl (C=O) groups excluding carboxylic acids is 2. The van der Waals surface area contributed by atoms with Crippen LogP contribution < -0.4 is 4.90 Å². The molecular weight excluding hydrogens is 464 g/mol. The van der Waals surface area contributed by atoms with E-state index in [0.29, 0.717) is 4.90 Å². The molecular formula is C27H24N2O5S. The van der Waals surface area contributed by atoms with Crippen LogP contribution in [0.15, 0.2) is 94.4 Å². The molecule has 0 saturated heterocycles. The number of anilines is 1. The van der Waals surface area contributed by atoms with Crippen LogP contribution in [0.5, 0.6) is 0 Å². The number of para-hydroxylation sites is 1. The molecule has 1 aliphatic heterocycles. The standard InChI is InChI=1S/C27H24N2O5S/c1-27(2)21-11-7-8-12-22(21)28(3)25(27)16-19(30)17-34-26(31)18-13-14-24(23(15-18)29(32)33)35-20-9-5-4-6-10-20/h4-16H,17H2,1-3H3. The first kappa shape index (κ1) is 24.2. The topological polar surface area (TPSA) is 89.8 Å². The molecule has 3 aromatic carbocycles. The van der Waals surface area contributed by atoms with E-state index in [-0.39, 0.29) is 22.4 Å². The number of hydrogen-bond acceptors (Lipinski definition) is 7. The minimum Gasteiger partial charge on any atom is -0.454 e. The lowest BCUT2D eigenvalue weighted by molar-refractivity contribution is -0.387. The van der Waals surface area contributed by atoms with Crippen LogP contribution in [-0.4, -0.2) is 30.3 Å². The Hall–Kier alpha value is -3.91. The molecule has 178 valence electrons. The molecule has 0 aromatic heterocycles. The lowest BCUT2D eigenvalue weighted by Crippen LogP contribution is -2.25. The number of allylic oxidation sites excluding steroid dienone is 1. The van der Waals surface area contributed by atoms with Crippen molar-refractivity contribution < 1.29 is 19.2 Å². The third kappa shape index (κ3) is 4.97. The highest BCUT2D eigenvalue weighted by atomic mass is 32.2. The van der Waals surface area contributed by atoms with Crippen LogP contribution in [0.4, 0.5) is 11.4 Å². The van der Waals surface area contributed by atoms with Gasteiger partial charge in [0.2, 0.25) is 0 Å². The Labute approximate surface area is 207 Å². The van der Waals surface area contributed by atoms with E-state index in [0.717, 1.165) is 21.8 Å². The average Bonchev–Trinajstić information content (AvgIpc) is 3.04. The molecule has 0 radical (unpaired) electrons. The molecule has 4 rings (SSSR count). The van der Waals surface area contributed by atoms with Crippen molar-refractivity contribution in [3.05, 3.63) is 106 Å². The zero-order valence-electron chi connectivity index (χ0n) is 19.6. The van der Waals surface area contributed by atoms with E-state index in [1.165, 1.54) is 36.0 Å². The number of rotatable bonds is 7. The van der Waals surface area contributed by atoms with Gasteiger partial charge in [-0.15, -0.1) is 0 Å². The van der Waals surface area contributed by atoms with Crippen LogP contribution in [0.3, 0.4) is 0 Å². The summed E-state index contributed by atoms with van der Waals surface area (Å²) in [7, 11) is 1.90. The number of ether oxygens (including phenoxy) is 1. The quantitative estimate of drug-likeness (QED) is 0.180. The first-order valence-corrected chi connectivity index (χ1v) is 11.8. The van der Waals surface area contributed by atoms with Crippen LogP contribution in [0.2, 0.25) is 0 Å². The third-order valence-corrected chi connectivity index (χ3v) is 7.02. The van der Waals surface area contributed by atoms with E-state index < -0.39 is 17.5 Å². The van der Waals surface area contributed by atoms with Crippen LogP contribution in [0.1, 0.15) is 29.8 Å². The summed E-state index contributed by atoms with van der Waals surface area (Å²) in [6, 6.07) is 21.3. The molecule has 0 atom stereocenters. The molecule has 0 amide bonds. The molecule has 0 bridgehead atoms. The largest absolute Gasteiger partial charge is 0.454 e. The smallest absolute Gasteiger partial charge is 0.338 e. The van der Waals surface area contributed by atoms with E-state index in [2.05, 4.69) is 0 Å². The van der Waals surface area contributed by atoms with Gasteiger partial charge in [0, 0.05) is 40.9 Å². The fraction of sp³-hybridized carbons (Fsp3) is 0.185. The number of nitrogens with zero attached hydrogens (tertiary/aromatic N) is 2. The fourth-order valence-electron chi connectivity index (χ4n) is 4.16. The highest BCUT2D eigenvalue weighted by Crippen LogP contribution is 2.46. The number of benzene rings is 3. The normalized spacial score (nSPS) is 15.1. The van der Waals surface area contributed by atoms with Crippen molar-refractivity contribution >= 4 is 34.9 Å². The maximum Gasteiger partial charge on any atom is 0.338 e. The van der Waals surface area contributed by atoms with E-state index in [4.69, 9.17) is 4.74 Å².